The molecular formula is C18H19NS. The van der Waals surface area contributed by atoms with E-state index >= 15 is 0 Å². The quantitative estimate of drug-likeness (QED) is 0.516. The van der Waals surface area contributed by atoms with Gasteiger partial charge in [-0.15, -0.1) is 6.58 Å². The van der Waals surface area contributed by atoms with Crippen molar-refractivity contribution >= 4 is 11.8 Å². The predicted octanol–water partition coefficient (Wildman–Crippen LogP) is 5.44. The Morgan fingerprint density at radius 1 is 1.20 bits per heavy atom. The molecule has 1 unspecified atom stereocenters. The molecule has 20 heavy (non-hydrogen) atoms. The lowest BCUT2D eigenvalue weighted by atomic mass is 9.93. The summed E-state index contributed by atoms with van der Waals surface area (Å²) in [5.74, 6) is 0.380. The number of hydrogen-bond acceptors (Lipinski definition) is 2. The summed E-state index contributed by atoms with van der Waals surface area (Å²) in [6.07, 6.45) is 5.03. The maximum atomic E-state index is 4.30. The molecule has 0 fully saturated rings. The Labute approximate surface area is 125 Å². The zero-order valence-corrected chi connectivity index (χ0v) is 12.5. The molecule has 2 aromatic rings. The Bertz CT molecular complexity index is 560. The first kappa shape index (κ1) is 14.6. The molecule has 1 heterocycles. The van der Waals surface area contributed by atoms with Crippen LogP contribution in [0.2, 0.25) is 0 Å². The highest BCUT2D eigenvalue weighted by molar-refractivity contribution is 8.02. The molecule has 1 nitrogen and oxygen atoms in total. The van der Waals surface area contributed by atoms with Crippen LogP contribution in [0, 0.1) is 0 Å². The number of rotatable bonds is 6. The van der Waals surface area contributed by atoms with Crippen LogP contribution in [0.1, 0.15) is 24.8 Å². The monoisotopic (exact) mass is 281 g/mol. The maximum absolute atomic E-state index is 4.30. The van der Waals surface area contributed by atoms with Gasteiger partial charge in [0, 0.05) is 12.1 Å². The first-order valence-electron chi connectivity index (χ1n) is 6.69. The van der Waals surface area contributed by atoms with Crippen LogP contribution in [0.4, 0.5) is 0 Å². The van der Waals surface area contributed by atoms with Crippen molar-refractivity contribution in [2.75, 3.05) is 0 Å². The van der Waals surface area contributed by atoms with Crippen molar-refractivity contribution in [2.24, 2.45) is 0 Å². The Morgan fingerprint density at radius 3 is 2.60 bits per heavy atom. The fourth-order valence-corrected chi connectivity index (χ4v) is 2.68. The average molecular weight is 281 g/mol. The van der Waals surface area contributed by atoms with Gasteiger partial charge in [-0.05, 0) is 36.4 Å². The van der Waals surface area contributed by atoms with Crippen LogP contribution in [-0.4, -0.2) is 4.98 Å². The number of aromatic nitrogens is 1. The van der Waals surface area contributed by atoms with E-state index in [-0.39, 0.29) is 0 Å². The van der Waals surface area contributed by atoms with Crippen molar-refractivity contribution in [1.29, 1.82) is 0 Å². The normalized spacial score (nSPS) is 12.4. The topological polar surface area (TPSA) is 12.9 Å². The summed E-state index contributed by atoms with van der Waals surface area (Å²) in [5, 5.41) is 3.15. The fraction of sp³-hybridized carbons (Fsp3) is 0.167. The Hall–Kier alpha value is -1.80. The second-order valence-corrected chi connectivity index (χ2v) is 5.72. The van der Waals surface area contributed by atoms with Crippen LogP contribution in [0.15, 0.2) is 83.4 Å². The summed E-state index contributed by atoms with van der Waals surface area (Å²) >= 11 is 1.65. The van der Waals surface area contributed by atoms with Crippen molar-refractivity contribution in [1.82, 2.24) is 4.98 Å². The third-order valence-corrected chi connectivity index (χ3v) is 3.71. The number of nitrogens with zero attached hydrogens (tertiary/aromatic N) is 1. The van der Waals surface area contributed by atoms with Gasteiger partial charge in [0.05, 0.1) is 0 Å². The highest BCUT2D eigenvalue weighted by Gasteiger charge is 2.07. The second kappa shape index (κ2) is 7.71. The van der Waals surface area contributed by atoms with Gasteiger partial charge in [-0.2, -0.15) is 0 Å². The summed E-state index contributed by atoms with van der Waals surface area (Å²) in [4.78, 5) is 4.30. The van der Waals surface area contributed by atoms with E-state index in [1.165, 1.54) is 11.1 Å². The van der Waals surface area contributed by atoms with E-state index in [0.29, 0.717) is 5.92 Å². The van der Waals surface area contributed by atoms with E-state index < -0.39 is 0 Å². The van der Waals surface area contributed by atoms with Crippen LogP contribution in [0.5, 0.6) is 0 Å². The van der Waals surface area contributed by atoms with Crippen LogP contribution in [0.25, 0.3) is 0 Å². The number of pyridine rings is 1. The molecule has 0 saturated carbocycles. The summed E-state index contributed by atoms with van der Waals surface area (Å²) in [5.41, 5.74) is 2.53. The molecule has 0 bridgehead atoms. The minimum absolute atomic E-state index is 0.380. The number of hydrogen-bond donors (Lipinski definition) is 0. The first-order valence-corrected chi connectivity index (χ1v) is 7.57. The van der Waals surface area contributed by atoms with Gasteiger partial charge in [-0.3, -0.25) is 0 Å². The molecule has 0 spiro atoms. The Morgan fingerprint density at radius 2 is 1.95 bits per heavy atom. The summed E-state index contributed by atoms with van der Waals surface area (Å²) in [6, 6.07) is 16.5. The van der Waals surface area contributed by atoms with Gasteiger partial charge in [0.2, 0.25) is 0 Å². The van der Waals surface area contributed by atoms with Gasteiger partial charge in [0.1, 0.15) is 5.03 Å². The lowest BCUT2D eigenvalue weighted by Crippen LogP contribution is -1.95. The first-order chi connectivity index (χ1) is 9.75. The number of thioether (sulfide) groups is 1. The third kappa shape index (κ3) is 4.71. The standard InChI is InChI=1S/C18H19NS/c1-15(2)14-17(16-8-4-3-5-9-16)11-13-20-18-10-6-7-12-19-18/h3-13,17H,1,14H2,2H3/b13-11-. The van der Waals surface area contributed by atoms with Crippen LogP contribution >= 0.6 is 11.8 Å². The highest BCUT2D eigenvalue weighted by atomic mass is 32.2. The number of benzene rings is 1. The molecule has 0 radical (unpaired) electrons. The van der Waals surface area contributed by atoms with Crippen LogP contribution in [-0.2, 0) is 0 Å². The largest absolute Gasteiger partial charge is 0.250 e. The van der Waals surface area contributed by atoms with E-state index in [9.17, 15) is 0 Å². The zero-order chi connectivity index (χ0) is 14.2. The maximum Gasteiger partial charge on any atom is 0.100 e. The molecule has 2 rings (SSSR count). The minimum atomic E-state index is 0.380. The van der Waals surface area contributed by atoms with Gasteiger partial charge in [-0.1, -0.05) is 59.8 Å². The van der Waals surface area contributed by atoms with Crippen LogP contribution in [0.3, 0.4) is 0 Å². The average Bonchev–Trinajstić information content (AvgIpc) is 2.48. The van der Waals surface area contributed by atoms with Gasteiger partial charge < -0.3 is 0 Å². The Kier molecular flexibility index (Phi) is 5.63. The van der Waals surface area contributed by atoms with Crippen molar-refractivity contribution in [2.45, 2.75) is 24.3 Å². The summed E-state index contributed by atoms with van der Waals surface area (Å²) < 4.78 is 0. The smallest absolute Gasteiger partial charge is 0.100 e. The van der Waals surface area contributed by atoms with Crippen molar-refractivity contribution < 1.29 is 0 Å². The van der Waals surface area contributed by atoms with Crippen molar-refractivity contribution in [3.05, 3.63) is 83.9 Å². The van der Waals surface area contributed by atoms with Gasteiger partial charge >= 0.3 is 0 Å². The molecule has 0 aliphatic carbocycles. The summed E-state index contributed by atoms with van der Waals surface area (Å²) in [7, 11) is 0. The molecule has 102 valence electrons. The fourth-order valence-electron chi connectivity index (χ4n) is 1.99. The van der Waals surface area contributed by atoms with Crippen molar-refractivity contribution in [3.8, 4) is 0 Å². The molecular weight excluding hydrogens is 262 g/mol. The SMILES string of the molecule is C=C(C)CC(/C=C\Sc1ccccn1)c1ccccc1. The van der Waals surface area contributed by atoms with Crippen molar-refractivity contribution in [3.63, 3.8) is 0 Å². The molecule has 0 aliphatic heterocycles. The van der Waals surface area contributed by atoms with E-state index in [2.05, 4.69) is 54.2 Å². The molecule has 0 amide bonds. The minimum Gasteiger partial charge on any atom is -0.250 e. The zero-order valence-electron chi connectivity index (χ0n) is 11.7. The molecule has 0 aliphatic rings. The molecule has 0 N–H and O–H groups in total. The van der Waals surface area contributed by atoms with E-state index in [4.69, 9.17) is 0 Å². The lowest BCUT2D eigenvalue weighted by Gasteiger charge is -2.13. The van der Waals surface area contributed by atoms with E-state index in [1.54, 1.807) is 11.8 Å². The second-order valence-electron chi connectivity index (χ2n) is 4.79. The molecule has 0 saturated heterocycles. The van der Waals surface area contributed by atoms with Crippen LogP contribution < -0.4 is 0 Å². The molecule has 1 atom stereocenters. The molecule has 2 heteroatoms. The molecule has 1 aromatic carbocycles. The third-order valence-electron chi connectivity index (χ3n) is 2.93. The Balaban J connectivity index is 2.06. The molecule has 1 aromatic heterocycles. The lowest BCUT2D eigenvalue weighted by molar-refractivity contribution is 0.829. The number of allylic oxidation sites excluding steroid dienone is 2. The predicted molar refractivity (Wildman–Crippen MR) is 87.8 cm³/mol. The van der Waals surface area contributed by atoms with E-state index in [0.717, 1.165) is 11.4 Å². The van der Waals surface area contributed by atoms with Gasteiger partial charge in [0.15, 0.2) is 0 Å². The highest BCUT2D eigenvalue weighted by Crippen LogP contribution is 2.26. The van der Waals surface area contributed by atoms with Gasteiger partial charge in [0.25, 0.3) is 0 Å². The van der Waals surface area contributed by atoms with Gasteiger partial charge in [-0.25, -0.2) is 4.98 Å². The summed E-state index contributed by atoms with van der Waals surface area (Å²) in [6.45, 7) is 6.11. The van der Waals surface area contributed by atoms with E-state index in [1.807, 2.05) is 30.5 Å².